The van der Waals surface area contributed by atoms with Crippen LogP contribution in [0.4, 0.5) is 17.5 Å². The Bertz CT molecular complexity index is 919. The van der Waals surface area contributed by atoms with Gasteiger partial charge in [0.25, 0.3) is 0 Å². The first-order valence-electron chi connectivity index (χ1n) is 7.02. The molecule has 0 spiro atoms. The van der Waals surface area contributed by atoms with Gasteiger partial charge in [-0.3, -0.25) is 0 Å². The summed E-state index contributed by atoms with van der Waals surface area (Å²) in [5, 5.41) is 12.5. The zero-order chi connectivity index (χ0) is 17.1. The number of anilines is 3. The molecule has 3 rings (SSSR count). The molecule has 3 aromatic rings. The SMILES string of the molecule is Cl.Nc1nc(Nc2cccc(C(=O)O)c2)ncc1-c1ccccc1Cl. The maximum absolute atomic E-state index is 11.0. The number of rotatable bonds is 4. The molecular formula is C17H14Cl2N4O2. The fraction of sp³-hybridized carbons (Fsp3) is 0. The van der Waals surface area contributed by atoms with Gasteiger partial charge < -0.3 is 16.2 Å². The van der Waals surface area contributed by atoms with Crippen LogP contribution in [0.15, 0.2) is 54.7 Å². The Balaban J connectivity index is 0.00000225. The van der Waals surface area contributed by atoms with Gasteiger partial charge in [-0.1, -0.05) is 35.9 Å². The van der Waals surface area contributed by atoms with E-state index in [2.05, 4.69) is 15.3 Å². The topological polar surface area (TPSA) is 101 Å². The van der Waals surface area contributed by atoms with Gasteiger partial charge >= 0.3 is 5.97 Å². The lowest BCUT2D eigenvalue weighted by molar-refractivity contribution is 0.0697. The van der Waals surface area contributed by atoms with E-state index in [1.165, 1.54) is 12.1 Å². The third kappa shape index (κ3) is 4.17. The molecule has 0 bridgehead atoms. The molecule has 0 amide bonds. The number of aromatic carboxylic acids is 1. The van der Waals surface area contributed by atoms with E-state index in [1.54, 1.807) is 24.4 Å². The Labute approximate surface area is 155 Å². The van der Waals surface area contributed by atoms with E-state index in [4.69, 9.17) is 22.4 Å². The minimum atomic E-state index is -1.01. The van der Waals surface area contributed by atoms with Crippen molar-refractivity contribution >= 4 is 47.4 Å². The molecule has 0 fully saturated rings. The molecule has 4 N–H and O–H groups in total. The van der Waals surface area contributed by atoms with E-state index in [1.807, 2.05) is 18.2 Å². The standard InChI is InChI=1S/C17H13ClN4O2.ClH/c18-14-7-2-1-6-12(14)13-9-20-17(22-15(13)19)21-11-5-3-4-10(8-11)16(23)24;/h1-9H,(H,23,24)(H3,19,20,21,22);1H. The van der Waals surface area contributed by atoms with Gasteiger partial charge in [-0.25, -0.2) is 9.78 Å². The maximum Gasteiger partial charge on any atom is 0.335 e. The Hall–Kier alpha value is -2.83. The third-order valence-electron chi connectivity index (χ3n) is 3.35. The number of nitrogens with one attached hydrogen (secondary N) is 1. The van der Waals surface area contributed by atoms with Crippen molar-refractivity contribution in [2.24, 2.45) is 0 Å². The number of nitrogen functional groups attached to an aromatic ring is 1. The highest BCUT2D eigenvalue weighted by atomic mass is 35.5. The van der Waals surface area contributed by atoms with Gasteiger partial charge in [0.2, 0.25) is 5.95 Å². The Kier molecular flexibility index (Phi) is 5.80. The van der Waals surface area contributed by atoms with Crippen LogP contribution in [0.5, 0.6) is 0 Å². The van der Waals surface area contributed by atoms with Crippen molar-refractivity contribution in [1.82, 2.24) is 9.97 Å². The van der Waals surface area contributed by atoms with Crippen LogP contribution in [0.3, 0.4) is 0 Å². The third-order valence-corrected chi connectivity index (χ3v) is 3.68. The number of aromatic nitrogens is 2. The average molecular weight is 377 g/mol. The summed E-state index contributed by atoms with van der Waals surface area (Å²) in [4.78, 5) is 19.4. The number of carboxylic acid groups (broad SMARTS) is 1. The van der Waals surface area contributed by atoms with Crippen molar-refractivity contribution in [2.75, 3.05) is 11.1 Å². The summed E-state index contributed by atoms with van der Waals surface area (Å²) in [5.41, 5.74) is 8.11. The predicted octanol–water partition coefficient (Wildman–Crippen LogP) is 4.24. The van der Waals surface area contributed by atoms with Crippen molar-refractivity contribution in [2.45, 2.75) is 0 Å². The van der Waals surface area contributed by atoms with Crippen LogP contribution in [0.25, 0.3) is 11.1 Å². The summed E-state index contributed by atoms with van der Waals surface area (Å²) in [6.07, 6.45) is 1.58. The van der Waals surface area contributed by atoms with Crippen LogP contribution in [0.1, 0.15) is 10.4 Å². The average Bonchev–Trinajstić information content (AvgIpc) is 2.56. The fourth-order valence-corrected chi connectivity index (χ4v) is 2.44. The molecule has 0 atom stereocenters. The molecule has 0 aliphatic rings. The molecule has 0 aliphatic heterocycles. The van der Waals surface area contributed by atoms with Crippen LogP contribution in [-0.2, 0) is 0 Å². The number of carboxylic acids is 1. The van der Waals surface area contributed by atoms with Crippen molar-refractivity contribution in [3.63, 3.8) is 0 Å². The van der Waals surface area contributed by atoms with E-state index in [0.717, 1.165) is 5.56 Å². The van der Waals surface area contributed by atoms with Crippen LogP contribution in [-0.4, -0.2) is 21.0 Å². The van der Waals surface area contributed by atoms with Gasteiger partial charge in [0.05, 0.1) is 5.56 Å². The van der Waals surface area contributed by atoms with Gasteiger partial charge in [0.1, 0.15) is 5.82 Å². The van der Waals surface area contributed by atoms with Gasteiger partial charge in [0.15, 0.2) is 0 Å². The van der Waals surface area contributed by atoms with Crippen LogP contribution in [0.2, 0.25) is 5.02 Å². The Morgan fingerprint density at radius 3 is 2.56 bits per heavy atom. The second-order valence-corrected chi connectivity index (χ2v) is 5.39. The van der Waals surface area contributed by atoms with Crippen LogP contribution >= 0.6 is 24.0 Å². The van der Waals surface area contributed by atoms with E-state index in [-0.39, 0.29) is 29.7 Å². The first-order valence-corrected chi connectivity index (χ1v) is 7.40. The molecular weight excluding hydrogens is 363 g/mol. The summed E-state index contributed by atoms with van der Waals surface area (Å²) >= 11 is 6.17. The highest BCUT2D eigenvalue weighted by molar-refractivity contribution is 6.33. The quantitative estimate of drug-likeness (QED) is 0.629. The number of halogens is 2. The van der Waals surface area contributed by atoms with E-state index >= 15 is 0 Å². The molecule has 0 aliphatic carbocycles. The summed E-state index contributed by atoms with van der Waals surface area (Å²) in [5.74, 6) is -0.464. The summed E-state index contributed by atoms with van der Waals surface area (Å²) < 4.78 is 0. The molecule has 25 heavy (non-hydrogen) atoms. The Morgan fingerprint density at radius 2 is 1.88 bits per heavy atom. The molecule has 1 heterocycles. The lowest BCUT2D eigenvalue weighted by Gasteiger charge is -2.10. The fourth-order valence-electron chi connectivity index (χ4n) is 2.20. The second-order valence-electron chi connectivity index (χ2n) is 4.98. The molecule has 2 aromatic carbocycles. The first kappa shape index (κ1) is 18.5. The molecule has 0 unspecified atom stereocenters. The second kappa shape index (κ2) is 7.83. The molecule has 0 saturated heterocycles. The van der Waals surface area contributed by atoms with Crippen LogP contribution in [0, 0.1) is 0 Å². The molecule has 128 valence electrons. The van der Waals surface area contributed by atoms with Crippen molar-refractivity contribution in [3.05, 3.63) is 65.3 Å². The maximum atomic E-state index is 11.0. The van der Waals surface area contributed by atoms with Crippen molar-refractivity contribution < 1.29 is 9.90 Å². The summed E-state index contributed by atoms with van der Waals surface area (Å²) in [6.45, 7) is 0. The van der Waals surface area contributed by atoms with E-state index in [9.17, 15) is 4.79 Å². The largest absolute Gasteiger partial charge is 0.478 e. The monoisotopic (exact) mass is 376 g/mol. The van der Waals surface area contributed by atoms with E-state index < -0.39 is 5.97 Å². The summed E-state index contributed by atoms with van der Waals surface area (Å²) in [6, 6.07) is 13.6. The molecule has 6 nitrogen and oxygen atoms in total. The first-order chi connectivity index (χ1) is 11.5. The number of benzene rings is 2. The Morgan fingerprint density at radius 1 is 1.12 bits per heavy atom. The number of nitrogens with zero attached hydrogens (tertiary/aromatic N) is 2. The number of hydrogen-bond donors (Lipinski definition) is 3. The van der Waals surface area contributed by atoms with Gasteiger partial charge in [-0.15, -0.1) is 12.4 Å². The summed E-state index contributed by atoms with van der Waals surface area (Å²) in [7, 11) is 0. The zero-order valence-corrected chi connectivity index (χ0v) is 14.4. The highest BCUT2D eigenvalue weighted by Crippen LogP contribution is 2.31. The minimum Gasteiger partial charge on any atom is -0.478 e. The number of carbonyl (C=O) groups is 1. The van der Waals surface area contributed by atoms with Crippen molar-refractivity contribution in [3.8, 4) is 11.1 Å². The smallest absolute Gasteiger partial charge is 0.335 e. The van der Waals surface area contributed by atoms with Crippen molar-refractivity contribution in [1.29, 1.82) is 0 Å². The van der Waals surface area contributed by atoms with E-state index in [0.29, 0.717) is 16.3 Å². The lowest BCUT2D eigenvalue weighted by Crippen LogP contribution is -2.03. The number of hydrogen-bond acceptors (Lipinski definition) is 5. The zero-order valence-electron chi connectivity index (χ0n) is 12.8. The van der Waals surface area contributed by atoms with Gasteiger partial charge in [-0.05, 0) is 24.3 Å². The lowest BCUT2D eigenvalue weighted by atomic mass is 10.1. The predicted molar refractivity (Wildman–Crippen MR) is 101 cm³/mol. The minimum absolute atomic E-state index is 0. The van der Waals surface area contributed by atoms with Crippen LogP contribution < -0.4 is 11.1 Å². The number of nitrogens with two attached hydrogens (primary N) is 1. The molecule has 1 aromatic heterocycles. The van der Waals surface area contributed by atoms with Gasteiger partial charge in [0, 0.05) is 28.0 Å². The normalized spacial score (nSPS) is 9.96. The van der Waals surface area contributed by atoms with Gasteiger partial charge in [-0.2, -0.15) is 4.98 Å². The molecule has 0 radical (unpaired) electrons. The highest BCUT2D eigenvalue weighted by Gasteiger charge is 2.10. The molecule has 0 saturated carbocycles. The molecule has 8 heteroatoms.